The fraction of sp³-hybridized carbons (Fsp3) is 0.857. The lowest BCUT2D eigenvalue weighted by Gasteiger charge is -2.14. The Bertz CT molecular complexity index is 135. The van der Waals surface area contributed by atoms with E-state index in [2.05, 4.69) is 5.32 Å². The smallest absolute Gasteiger partial charge is 0.236 e. The SMILES string of the molecule is COC(CNC(=O)C(C)N)OC. The van der Waals surface area contributed by atoms with Crippen molar-refractivity contribution in [1.82, 2.24) is 5.32 Å². The Balaban J connectivity index is 3.59. The highest BCUT2D eigenvalue weighted by Gasteiger charge is 2.10. The molecule has 0 saturated heterocycles. The van der Waals surface area contributed by atoms with Crippen LogP contribution >= 0.6 is 0 Å². The van der Waals surface area contributed by atoms with Crippen molar-refractivity contribution in [3.05, 3.63) is 0 Å². The van der Waals surface area contributed by atoms with Gasteiger partial charge in [-0.3, -0.25) is 4.79 Å². The molecular formula is C7H16N2O3. The van der Waals surface area contributed by atoms with Crippen molar-refractivity contribution in [3.63, 3.8) is 0 Å². The van der Waals surface area contributed by atoms with Gasteiger partial charge in [-0.1, -0.05) is 0 Å². The van der Waals surface area contributed by atoms with Crippen LogP contribution in [0.3, 0.4) is 0 Å². The fourth-order valence-electron chi connectivity index (χ4n) is 0.608. The summed E-state index contributed by atoms with van der Waals surface area (Å²) in [7, 11) is 3.01. The number of amides is 1. The van der Waals surface area contributed by atoms with Crippen LogP contribution in [-0.2, 0) is 14.3 Å². The highest BCUT2D eigenvalue weighted by molar-refractivity contribution is 5.80. The number of carbonyl (C=O) groups is 1. The quantitative estimate of drug-likeness (QED) is 0.531. The molecule has 0 rings (SSSR count). The van der Waals surface area contributed by atoms with Crippen LogP contribution in [0.2, 0.25) is 0 Å². The molecule has 0 aliphatic rings. The van der Waals surface area contributed by atoms with Crippen LogP contribution in [0.4, 0.5) is 0 Å². The van der Waals surface area contributed by atoms with Gasteiger partial charge in [0.05, 0.1) is 12.6 Å². The van der Waals surface area contributed by atoms with Crippen LogP contribution in [0.15, 0.2) is 0 Å². The molecule has 0 bridgehead atoms. The summed E-state index contributed by atoms with van der Waals surface area (Å²) in [5.74, 6) is -0.214. The summed E-state index contributed by atoms with van der Waals surface area (Å²) in [6, 6.07) is -0.501. The third kappa shape index (κ3) is 4.27. The van der Waals surface area contributed by atoms with Crippen LogP contribution in [0.5, 0.6) is 0 Å². The Labute approximate surface area is 72.2 Å². The molecule has 0 aliphatic heterocycles. The molecule has 5 nitrogen and oxygen atoms in total. The molecular weight excluding hydrogens is 160 g/mol. The van der Waals surface area contributed by atoms with Crippen LogP contribution < -0.4 is 11.1 Å². The van der Waals surface area contributed by atoms with Crippen molar-refractivity contribution in [3.8, 4) is 0 Å². The molecule has 0 fully saturated rings. The maximum absolute atomic E-state index is 10.9. The Morgan fingerprint density at radius 1 is 1.50 bits per heavy atom. The summed E-state index contributed by atoms with van der Waals surface area (Å²) in [6.07, 6.45) is -0.410. The maximum atomic E-state index is 10.9. The molecule has 0 aliphatic carbocycles. The predicted molar refractivity (Wildman–Crippen MR) is 44.5 cm³/mol. The lowest BCUT2D eigenvalue weighted by molar-refractivity contribution is -0.128. The van der Waals surface area contributed by atoms with Crippen molar-refractivity contribution in [2.45, 2.75) is 19.3 Å². The van der Waals surface area contributed by atoms with Crippen molar-refractivity contribution in [2.75, 3.05) is 20.8 Å². The van der Waals surface area contributed by atoms with E-state index in [1.54, 1.807) is 6.92 Å². The molecule has 0 saturated carbocycles. The van der Waals surface area contributed by atoms with Gasteiger partial charge in [0.1, 0.15) is 0 Å². The van der Waals surface area contributed by atoms with Crippen LogP contribution in [0, 0.1) is 0 Å². The van der Waals surface area contributed by atoms with Gasteiger partial charge in [0, 0.05) is 14.2 Å². The second-order valence-electron chi connectivity index (χ2n) is 2.43. The van der Waals surface area contributed by atoms with Gasteiger partial charge in [-0.15, -0.1) is 0 Å². The Morgan fingerprint density at radius 2 is 2.00 bits per heavy atom. The normalized spacial score (nSPS) is 13.1. The summed E-state index contributed by atoms with van der Waals surface area (Å²) in [6.45, 7) is 1.93. The second-order valence-corrected chi connectivity index (χ2v) is 2.43. The highest BCUT2D eigenvalue weighted by Crippen LogP contribution is 1.87. The molecule has 1 atom stereocenters. The average molecular weight is 176 g/mol. The maximum Gasteiger partial charge on any atom is 0.236 e. The molecule has 0 spiro atoms. The first-order chi connectivity index (χ1) is 5.61. The van der Waals surface area contributed by atoms with E-state index in [-0.39, 0.29) is 5.91 Å². The van der Waals surface area contributed by atoms with Crippen molar-refractivity contribution in [1.29, 1.82) is 0 Å². The first-order valence-corrected chi connectivity index (χ1v) is 3.70. The van der Waals surface area contributed by atoms with E-state index in [1.807, 2.05) is 0 Å². The molecule has 1 unspecified atom stereocenters. The van der Waals surface area contributed by atoms with E-state index >= 15 is 0 Å². The summed E-state index contributed by atoms with van der Waals surface area (Å²) >= 11 is 0. The number of hydrogen-bond acceptors (Lipinski definition) is 4. The van der Waals surface area contributed by atoms with Gasteiger partial charge in [-0.05, 0) is 6.92 Å². The Morgan fingerprint density at radius 3 is 2.33 bits per heavy atom. The molecule has 0 aromatic carbocycles. The second kappa shape index (κ2) is 5.93. The average Bonchev–Trinajstić information content (AvgIpc) is 2.05. The zero-order valence-corrected chi connectivity index (χ0v) is 7.66. The van der Waals surface area contributed by atoms with E-state index in [0.29, 0.717) is 6.54 Å². The first-order valence-electron chi connectivity index (χ1n) is 3.70. The van der Waals surface area contributed by atoms with Crippen LogP contribution in [-0.4, -0.2) is 39.0 Å². The number of ether oxygens (including phenoxy) is 2. The number of nitrogens with one attached hydrogen (secondary N) is 1. The molecule has 5 heteroatoms. The fourth-order valence-corrected chi connectivity index (χ4v) is 0.608. The van der Waals surface area contributed by atoms with Gasteiger partial charge in [0.25, 0.3) is 0 Å². The van der Waals surface area contributed by atoms with E-state index < -0.39 is 12.3 Å². The molecule has 1 amide bonds. The van der Waals surface area contributed by atoms with Gasteiger partial charge < -0.3 is 20.5 Å². The number of carbonyl (C=O) groups excluding carboxylic acids is 1. The van der Waals surface area contributed by atoms with E-state index in [1.165, 1.54) is 14.2 Å². The molecule has 0 aromatic heterocycles. The molecule has 0 radical (unpaired) electrons. The summed E-state index contributed by atoms with van der Waals surface area (Å²) in [4.78, 5) is 10.9. The third-order valence-corrected chi connectivity index (χ3v) is 1.38. The zero-order chi connectivity index (χ0) is 9.56. The first kappa shape index (κ1) is 11.4. The monoisotopic (exact) mass is 176 g/mol. The van der Waals surface area contributed by atoms with Crippen LogP contribution in [0.25, 0.3) is 0 Å². The number of nitrogens with two attached hydrogens (primary N) is 1. The zero-order valence-electron chi connectivity index (χ0n) is 7.66. The minimum absolute atomic E-state index is 0.214. The number of methoxy groups -OCH3 is 2. The lowest BCUT2D eigenvalue weighted by Crippen LogP contribution is -2.42. The number of rotatable bonds is 5. The molecule has 0 heterocycles. The standard InChI is InChI=1S/C7H16N2O3/c1-5(8)7(10)9-4-6(11-2)12-3/h5-6H,4,8H2,1-3H3,(H,9,10). The van der Waals surface area contributed by atoms with Gasteiger partial charge in [0.15, 0.2) is 6.29 Å². The molecule has 3 N–H and O–H groups in total. The van der Waals surface area contributed by atoms with Gasteiger partial charge >= 0.3 is 0 Å². The molecule has 0 aromatic rings. The van der Waals surface area contributed by atoms with Gasteiger partial charge in [-0.2, -0.15) is 0 Å². The van der Waals surface area contributed by atoms with Crippen molar-refractivity contribution < 1.29 is 14.3 Å². The van der Waals surface area contributed by atoms with Gasteiger partial charge in [-0.25, -0.2) is 0 Å². The van der Waals surface area contributed by atoms with E-state index in [0.717, 1.165) is 0 Å². The summed E-state index contributed by atoms with van der Waals surface area (Å²) < 4.78 is 9.70. The van der Waals surface area contributed by atoms with E-state index in [4.69, 9.17) is 15.2 Å². The summed E-state index contributed by atoms with van der Waals surface area (Å²) in [5.41, 5.74) is 5.31. The van der Waals surface area contributed by atoms with Crippen molar-refractivity contribution in [2.24, 2.45) is 5.73 Å². The Kier molecular flexibility index (Phi) is 5.61. The van der Waals surface area contributed by atoms with Crippen LogP contribution in [0.1, 0.15) is 6.92 Å². The lowest BCUT2D eigenvalue weighted by atomic mass is 10.3. The molecule has 72 valence electrons. The largest absolute Gasteiger partial charge is 0.354 e. The number of hydrogen-bond donors (Lipinski definition) is 2. The minimum Gasteiger partial charge on any atom is -0.354 e. The third-order valence-electron chi connectivity index (χ3n) is 1.38. The topological polar surface area (TPSA) is 73.6 Å². The summed E-state index contributed by atoms with van der Waals surface area (Å²) in [5, 5.41) is 2.57. The molecule has 12 heavy (non-hydrogen) atoms. The Hall–Kier alpha value is -0.650. The van der Waals surface area contributed by atoms with Crippen molar-refractivity contribution >= 4 is 5.91 Å². The predicted octanol–water partition coefficient (Wildman–Crippen LogP) is -0.931. The highest BCUT2D eigenvalue weighted by atomic mass is 16.7. The van der Waals surface area contributed by atoms with E-state index in [9.17, 15) is 4.79 Å². The minimum atomic E-state index is -0.501. The van der Waals surface area contributed by atoms with Gasteiger partial charge in [0.2, 0.25) is 5.91 Å².